The van der Waals surface area contributed by atoms with E-state index in [0.29, 0.717) is 18.3 Å². The molecule has 3 aromatic rings. The van der Waals surface area contributed by atoms with Gasteiger partial charge in [-0.05, 0) is 40.1 Å². The molecule has 3 unspecified atom stereocenters. The van der Waals surface area contributed by atoms with Gasteiger partial charge in [-0.2, -0.15) is 0 Å². The van der Waals surface area contributed by atoms with Gasteiger partial charge in [-0.1, -0.05) is 55.5 Å². The van der Waals surface area contributed by atoms with E-state index in [9.17, 15) is 15.3 Å². The molecule has 0 saturated heterocycles. The normalized spacial score (nSPS) is 22.9. The quantitative estimate of drug-likeness (QED) is 0.439. The number of hydrogen-bond donors (Lipinski definition) is 4. The summed E-state index contributed by atoms with van der Waals surface area (Å²) in [5.41, 5.74) is 0.869. The second-order valence-corrected chi connectivity index (χ2v) is 8.13. The van der Waals surface area contributed by atoms with Crippen molar-refractivity contribution in [2.75, 3.05) is 6.61 Å². The van der Waals surface area contributed by atoms with Crippen LogP contribution in [0, 0.1) is 5.92 Å². The van der Waals surface area contributed by atoms with E-state index >= 15 is 0 Å². The van der Waals surface area contributed by atoms with Gasteiger partial charge in [-0.3, -0.25) is 0 Å². The molecule has 1 aliphatic carbocycles. The Labute approximate surface area is 191 Å². The molecule has 0 radical (unpaired) electrons. The summed E-state index contributed by atoms with van der Waals surface area (Å²) >= 11 is 0. The first-order valence-corrected chi connectivity index (χ1v) is 11.0. The first kappa shape index (κ1) is 21.2. The van der Waals surface area contributed by atoms with Crippen LogP contribution in [0.5, 0.6) is 0 Å². The number of benzene rings is 3. The number of nitrogens with one attached hydrogen (secondary N) is 1. The van der Waals surface area contributed by atoms with Gasteiger partial charge in [0.2, 0.25) is 6.35 Å². The Hall–Kier alpha value is -3.68. The predicted molar refractivity (Wildman–Crippen MR) is 130 cm³/mol. The molecule has 33 heavy (non-hydrogen) atoms. The average molecular weight is 444 g/mol. The average Bonchev–Trinajstić information content (AvgIpc) is 2.81. The molecule has 4 N–H and O–H groups in total. The highest BCUT2D eigenvalue weighted by molar-refractivity contribution is 6.22. The number of hydrogen-bond acceptors (Lipinski definition) is 7. The van der Waals surface area contributed by atoms with Gasteiger partial charge in [0, 0.05) is 11.6 Å². The van der Waals surface area contributed by atoms with Crippen molar-refractivity contribution in [2.24, 2.45) is 15.9 Å². The number of aliphatic hydroxyl groups is 3. The lowest BCUT2D eigenvalue weighted by molar-refractivity contribution is 0.0638. The van der Waals surface area contributed by atoms with Crippen LogP contribution in [-0.2, 0) is 4.74 Å². The molecule has 0 saturated carbocycles. The summed E-state index contributed by atoms with van der Waals surface area (Å²) in [5.74, 6) is -0.385. The van der Waals surface area contributed by atoms with Crippen LogP contribution in [0.15, 0.2) is 88.3 Å². The van der Waals surface area contributed by atoms with Gasteiger partial charge in [0.25, 0.3) is 0 Å². The molecule has 0 spiro atoms. The Morgan fingerprint density at radius 2 is 1.70 bits per heavy atom. The highest BCUT2D eigenvalue weighted by atomic mass is 16.5. The summed E-state index contributed by atoms with van der Waals surface area (Å²) in [6, 6.07) is 18.4. The Morgan fingerprint density at radius 3 is 2.45 bits per heavy atom. The van der Waals surface area contributed by atoms with Gasteiger partial charge in [0.15, 0.2) is 0 Å². The third-order valence-corrected chi connectivity index (χ3v) is 5.82. The minimum Gasteiger partial charge on any atom is -0.511 e. The molecule has 3 aromatic carbocycles. The molecule has 1 heterocycles. The van der Waals surface area contributed by atoms with E-state index in [1.807, 2.05) is 37.3 Å². The van der Waals surface area contributed by atoms with Crippen molar-refractivity contribution < 1.29 is 20.1 Å². The standard InChI is InChI=1S/C26H25N3O4/c1-2-11-33-26-28-24(27-25(29-26)23-21(31)13-16(30)14-22(23)32)20-12-15-7-3-4-8-17(15)18-9-5-6-10-19(18)20/h3-10,12-14,21,23,26,30-32H,2,11H2,1H3,(H,27,28,29). The van der Waals surface area contributed by atoms with Crippen molar-refractivity contribution in [3.63, 3.8) is 0 Å². The molecular formula is C26H25N3O4. The number of rotatable bonds is 5. The van der Waals surface area contributed by atoms with Gasteiger partial charge in [-0.15, -0.1) is 0 Å². The topological polar surface area (TPSA) is 107 Å². The van der Waals surface area contributed by atoms with E-state index in [1.54, 1.807) is 0 Å². The molecule has 0 bridgehead atoms. The molecule has 168 valence electrons. The maximum absolute atomic E-state index is 10.6. The summed E-state index contributed by atoms with van der Waals surface area (Å²) in [4.78, 5) is 9.22. The van der Waals surface area contributed by atoms with E-state index in [0.717, 1.165) is 33.5 Å². The van der Waals surface area contributed by atoms with Crippen molar-refractivity contribution in [2.45, 2.75) is 25.8 Å². The molecule has 1 aliphatic heterocycles. The first-order valence-electron chi connectivity index (χ1n) is 11.0. The van der Waals surface area contributed by atoms with Crippen LogP contribution >= 0.6 is 0 Å². The van der Waals surface area contributed by atoms with Crippen molar-refractivity contribution in [3.8, 4) is 0 Å². The Morgan fingerprint density at radius 1 is 0.970 bits per heavy atom. The minimum atomic E-state index is -1.15. The molecule has 7 nitrogen and oxygen atoms in total. The zero-order chi connectivity index (χ0) is 22.9. The highest BCUT2D eigenvalue weighted by Crippen LogP contribution is 2.30. The van der Waals surface area contributed by atoms with E-state index in [4.69, 9.17) is 9.73 Å². The number of nitrogens with zero attached hydrogens (tertiary/aromatic N) is 2. The number of aliphatic hydroxyl groups excluding tert-OH is 3. The van der Waals surface area contributed by atoms with Gasteiger partial charge in [0.1, 0.15) is 29.1 Å². The molecule has 0 amide bonds. The van der Waals surface area contributed by atoms with Crippen LogP contribution in [0.3, 0.4) is 0 Å². The van der Waals surface area contributed by atoms with Gasteiger partial charge >= 0.3 is 0 Å². The third-order valence-electron chi connectivity index (χ3n) is 5.82. The van der Waals surface area contributed by atoms with Crippen molar-refractivity contribution >= 4 is 33.2 Å². The van der Waals surface area contributed by atoms with Crippen molar-refractivity contribution in [1.82, 2.24) is 5.32 Å². The molecule has 0 aromatic heterocycles. The summed E-state index contributed by atoms with van der Waals surface area (Å²) in [7, 11) is 0. The maximum Gasteiger partial charge on any atom is 0.249 e. The molecule has 2 aliphatic rings. The fourth-order valence-corrected chi connectivity index (χ4v) is 4.32. The number of fused-ring (bicyclic) bond motifs is 3. The predicted octanol–water partition coefficient (Wildman–Crippen LogP) is 4.33. The lowest BCUT2D eigenvalue weighted by atomic mass is 9.92. The number of amidine groups is 2. The summed E-state index contributed by atoms with van der Waals surface area (Å²) < 4.78 is 5.83. The zero-order valence-corrected chi connectivity index (χ0v) is 18.1. The second-order valence-electron chi connectivity index (χ2n) is 8.13. The van der Waals surface area contributed by atoms with Gasteiger partial charge in [-0.25, -0.2) is 9.98 Å². The van der Waals surface area contributed by atoms with E-state index in [-0.39, 0.29) is 11.5 Å². The molecule has 7 heteroatoms. The summed E-state index contributed by atoms with van der Waals surface area (Å²) in [5, 5.41) is 38.3. The van der Waals surface area contributed by atoms with E-state index < -0.39 is 18.4 Å². The van der Waals surface area contributed by atoms with Crippen LogP contribution in [0.1, 0.15) is 18.9 Å². The molecule has 3 atom stereocenters. The number of aliphatic imine (C=N–C) groups is 2. The van der Waals surface area contributed by atoms with E-state index in [2.05, 4.69) is 34.6 Å². The van der Waals surface area contributed by atoms with Crippen LogP contribution in [0.2, 0.25) is 0 Å². The Balaban J connectivity index is 1.63. The Bertz CT molecular complexity index is 1340. The number of allylic oxidation sites excluding steroid dienone is 1. The molecule has 5 rings (SSSR count). The van der Waals surface area contributed by atoms with Crippen molar-refractivity contribution in [3.05, 3.63) is 83.8 Å². The van der Waals surface area contributed by atoms with Crippen LogP contribution in [0.25, 0.3) is 21.5 Å². The SMILES string of the molecule is CCCOC1N=C(c2cc3ccccc3c3ccccc23)NC(C2C(O)=CC(O)=CC2O)=N1. The monoisotopic (exact) mass is 443 g/mol. The molecule has 0 fully saturated rings. The van der Waals surface area contributed by atoms with Crippen molar-refractivity contribution in [1.29, 1.82) is 0 Å². The first-order chi connectivity index (χ1) is 16.0. The zero-order valence-electron chi connectivity index (χ0n) is 18.1. The lowest BCUT2D eigenvalue weighted by Crippen LogP contribution is -2.46. The summed E-state index contributed by atoms with van der Waals surface area (Å²) in [6.07, 6.45) is 1.31. The highest BCUT2D eigenvalue weighted by Gasteiger charge is 2.34. The minimum absolute atomic E-state index is 0.187. The number of ether oxygens (including phenoxy) is 1. The fraction of sp³-hybridized carbons (Fsp3) is 0.231. The van der Waals surface area contributed by atoms with Gasteiger partial charge in [0.05, 0.1) is 12.7 Å². The lowest BCUT2D eigenvalue weighted by Gasteiger charge is -2.30. The van der Waals surface area contributed by atoms with Gasteiger partial charge < -0.3 is 25.4 Å². The summed E-state index contributed by atoms with van der Waals surface area (Å²) in [6.45, 7) is 2.46. The van der Waals surface area contributed by atoms with Crippen LogP contribution < -0.4 is 5.32 Å². The smallest absolute Gasteiger partial charge is 0.249 e. The maximum atomic E-state index is 10.6. The Kier molecular flexibility index (Phi) is 5.58. The largest absolute Gasteiger partial charge is 0.511 e. The van der Waals surface area contributed by atoms with E-state index in [1.165, 1.54) is 12.2 Å². The second kappa shape index (κ2) is 8.69. The fourth-order valence-electron chi connectivity index (χ4n) is 4.32. The van der Waals surface area contributed by atoms with Crippen LogP contribution in [0.4, 0.5) is 0 Å². The van der Waals surface area contributed by atoms with Crippen LogP contribution in [-0.4, -0.2) is 46.1 Å². The third kappa shape index (κ3) is 3.97. The molecular weight excluding hydrogens is 418 g/mol.